The maximum Gasteiger partial charge on any atom is 0.337 e. The molecule has 7 rings (SSSR count). The molecule has 4 aromatic carbocycles. The van der Waals surface area contributed by atoms with E-state index in [9.17, 15) is 9.59 Å². The Balaban J connectivity index is 0.000000166. The van der Waals surface area contributed by atoms with Crippen molar-refractivity contribution in [2.45, 2.75) is 19.0 Å². The summed E-state index contributed by atoms with van der Waals surface area (Å²) < 4.78 is 11.5. The van der Waals surface area contributed by atoms with E-state index in [2.05, 4.69) is 30.2 Å². The molecule has 0 saturated carbocycles. The third-order valence-electron chi connectivity index (χ3n) is 7.47. The van der Waals surface area contributed by atoms with Crippen LogP contribution in [-0.2, 0) is 28.4 Å². The highest BCUT2D eigenvalue weighted by molar-refractivity contribution is 6.17. The van der Waals surface area contributed by atoms with Gasteiger partial charge in [-0.1, -0.05) is 24.3 Å². The molecule has 7 aromatic rings. The minimum Gasteiger partial charge on any atom is -0.465 e. The van der Waals surface area contributed by atoms with Crippen molar-refractivity contribution in [1.82, 2.24) is 29.5 Å². The first-order valence-electron chi connectivity index (χ1n) is 14.6. The maximum atomic E-state index is 11.8. The molecule has 3 heterocycles. The van der Waals surface area contributed by atoms with E-state index in [0.29, 0.717) is 35.6 Å². The van der Waals surface area contributed by atoms with Gasteiger partial charge in [0.15, 0.2) is 0 Å². The van der Waals surface area contributed by atoms with Crippen LogP contribution in [0.4, 0.5) is 11.4 Å². The second-order valence-electron chi connectivity index (χ2n) is 10.5. The maximum absolute atomic E-state index is 11.8. The second-order valence-corrected chi connectivity index (χ2v) is 10.8. The van der Waals surface area contributed by atoms with Crippen LogP contribution in [0.3, 0.4) is 0 Å². The van der Waals surface area contributed by atoms with Crippen molar-refractivity contribution in [3.8, 4) is 0 Å². The van der Waals surface area contributed by atoms with Crippen molar-refractivity contribution in [3.63, 3.8) is 0 Å². The lowest BCUT2D eigenvalue weighted by Gasteiger charge is -2.09. The molecule has 0 aliphatic rings. The lowest BCUT2D eigenvalue weighted by atomic mass is 10.1. The molecule has 0 radical (unpaired) electrons. The normalized spacial score (nSPS) is 11.0. The van der Waals surface area contributed by atoms with Gasteiger partial charge < -0.3 is 35.1 Å². The molecule has 0 spiro atoms. The highest BCUT2D eigenvalue weighted by atomic mass is 35.5. The Morgan fingerprint density at radius 3 is 2.02 bits per heavy atom. The number of nitrogens with one attached hydrogen (secondary N) is 3. The van der Waals surface area contributed by atoms with Gasteiger partial charge in [0.2, 0.25) is 0 Å². The highest BCUT2D eigenvalue weighted by Gasteiger charge is 2.15. The first-order chi connectivity index (χ1) is 22.9. The van der Waals surface area contributed by atoms with Crippen molar-refractivity contribution < 1.29 is 19.1 Å². The topological polar surface area (TPSA) is 166 Å². The van der Waals surface area contributed by atoms with Gasteiger partial charge in [-0.15, -0.1) is 11.6 Å². The fourth-order valence-corrected chi connectivity index (χ4v) is 5.35. The van der Waals surface area contributed by atoms with Crippen LogP contribution in [0, 0.1) is 0 Å². The molecule has 0 unspecified atom stereocenters. The Morgan fingerprint density at radius 2 is 1.38 bits per heavy atom. The van der Waals surface area contributed by atoms with Gasteiger partial charge in [-0.05, 0) is 60.7 Å². The van der Waals surface area contributed by atoms with Gasteiger partial charge in [0.1, 0.15) is 17.5 Å². The van der Waals surface area contributed by atoms with E-state index in [0.717, 1.165) is 50.6 Å². The lowest BCUT2D eigenvalue weighted by Crippen LogP contribution is -2.07. The number of halogens is 1. The van der Waals surface area contributed by atoms with E-state index in [-0.39, 0.29) is 11.8 Å². The van der Waals surface area contributed by atoms with Crippen LogP contribution in [0.2, 0.25) is 0 Å². The molecule has 238 valence electrons. The molecule has 0 atom stereocenters. The van der Waals surface area contributed by atoms with Crippen LogP contribution < -0.4 is 11.1 Å². The Hall–Kier alpha value is -5.88. The fraction of sp³-hybridized carbons (Fsp3) is 0.147. The number of hydrogen-bond acceptors (Lipinski definition) is 9. The minimum atomic E-state index is -0.396. The van der Waals surface area contributed by atoms with Crippen LogP contribution in [0.5, 0.6) is 0 Å². The number of rotatable bonds is 8. The van der Waals surface area contributed by atoms with E-state index in [1.807, 2.05) is 53.1 Å². The molecule has 0 amide bonds. The summed E-state index contributed by atoms with van der Waals surface area (Å²) in [6.07, 6.45) is 0. The van der Waals surface area contributed by atoms with E-state index < -0.39 is 5.97 Å². The number of para-hydroxylation sites is 4. The first-order valence-corrected chi connectivity index (χ1v) is 15.1. The highest BCUT2D eigenvalue weighted by Crippen LogP contribution is 2.23. The molecule has 0 fully saturated rings. The van der Waals surface area contributed by atoms with E-state index in [1.54, 1.807) is 36.4 Å². The predicted molar refractivity (Wildman–Crippen MR) is 181 cm³/mol. The number of nitrogen functional groups attached to an aromatic ring is 1. The number of anilines is 2. The van der Waals surface area contributed by atoms with Crippen molar-refractivity contribution in [2.24, 2.45) is 0 Å². The zero-order valence-corrected chi connectivity index (χ0v) is 26.3. The SMILES string of the molecule is COC(=O)c1ccc(N)c(NCc2nc3ccccc3[nH]2)c1.COC(=O)c1ccc2nc(CCl)n(Cc3nc4ccccc4[nH]3)c2c1. The van der Waals surface area contributed by atoms with Gasteiger partial charge in [-0.2, -0.15) is 0 Å². The number of methoxy groups -OCH3 is 2. The molecular formula is C34H31ClN8O4. The molecule has 12 nitrogen and oxygen atoms in total. The van der Waals surface area contributed by atoms with Gasteiger partial charge in [0.05, 0.1) is 88.8 Å². The number of ether oxygens (including phenoxy) is 2. The van der Waals surface area contributed by atoms with Gasteiger partial charge in [-0.3, -0.25) is 0 Å². The van der Waals surface area contributed by atoms with Crippen molar-refractivity contribution in [3.05, 3.63) is 114 Å². The summed E-state index contributed by atoms with van der Waals surface area (Å²) in [6, 6.07) is 25.9. The Kier molecular flexibility index (Phi) is 9.02. The van der Waals surface area contributed by atoms with Crippen LogP contribution in [0.15, 0.2) is 84.9 Å². The van der Waals surface area contributed by atoms with E-state index in [1.165, 1.54) is 14.2 Å². The van der Waals surface area contributed by atoms with Gasteiger partial charge >= 0.3 is 11.9 Å². The number of benzene rings is 4. The number of H-pyrrole nitrogens is 2. The molecule has 0 saturated heterocycles. The minimum absolute atomic E-state index is 0.266. The molecule has 5 N–H and O–H groups in total. The lowest BCUT2D eigenvalue weighted by molar-refractivity contribution is 0.0592. The molecule has 13 heteroatoms. The number of fused-ring (bicyclic) bond motifs is 3. The number of nitrogens with two attached hydrogens (primary N) is 1. The van der Waals surface area contributed by atoms with Crippen molar-refractivity contribution in [1.29, 1.82) is 0 Å². The molecule has 0 aliphatic heterocycles. The number of nitrogens with zero attached hydrogens (tertiary/aromatic N) is 4. The monoisotopic (exact) mass is 650 g/mol. The van der Waals surface area contributed by atoms with Crippen molar-refractivity contribution >= 4 is 68.0 Å². The number of carbonyl (C=O) groups is 2. The number of imidazole rings is 3. The predicted octanol–water partition coefficient (Wildman–Crippen LogP) is 6.03. The molecule has 0 aliphatic carbocycles. The summed E-state index contributed by atoms with van der Waals surface area (Å²) in [6.45, 7) is 0.960. The Morgan fingerprint density at radius 1 is 0.787 bits per heavy atom. The average Bonchev–Trinajstić information content (AvgIpc) is 3.81. The van der Waals surface area contributed by atoms with Crippen LogP contribution in [-0.4, -0.2) is 55.6 Å². The smallest absolute Gasteiger partial charge is 0.337 e. The molecule has 0 bridgehead atoms. The quantitative estimate of drug-likeness (QED) is 0.0872. The third-order valence-corrected chi connectivity index (χ3v) is 7.71. The zero-order valence-electron chi connectivity index (χ0n) is 25.6. The molecule has 3 aromatic heterocycles. The number of esters is 2. The third kappa shape index (κ3) is 6.72. The Bertz CT molecular complexity index is 2150. The molecule has 47 heavy (non-hydrogen) atoms. The summed E-state index contributed by atoms with van der Waals surface area (Å²) in [5, 5.41) is 3.18. The summed E-state index contributed by atoms with van der Waals surface area (Å²) in [7, 11) is 2.71. The standard InChI is InChI=1S/C18H15ClN4O2.C16H16N4O2/c1-25-18(24)11-6-7-14-15(8-11)23(17(9-19)22-14)10-16-20-12-4-2-3-5-13(12)21-16;1-22-16(21)10-6-7-11(17)14(8-10)18-9-15-19-12-4-2-3-5-13(12)20-15/h2-8H,9-10H2,1H3,(H,20,21);2-8,18H,9,17H2,1H3,(H,19,20). The number of aromatic nitrogens is 6. The second kappa shape index (κ2) is 13.6. The summed E-state index contributed by atoms with van der Waals surface area (Å²) >= 11 is 6.07. The van der Waals surface area contributed by atoms with Crippen LogP contribution in [0.1, 0.15) is 38.2 Å². The largest absolute Gasteiger partial charge is 0.465 e. The summed E-state index contributed by atoms with van der Waals surface area (Å²) in [4.78, 5) is 43.5. The number of alkyl halides is 1. The number of carbonyl (C=O) groups excluding carboxylic acids is 2. The zero-order chi connectivity index (χ0) is 32.9. The summed E-state index contributed by atoms with van der Waals surface area (Å²) in [5.41, 5.74) is 13.4. The van der Waals surface area contributed by atoms with Crippen LogP contribution in [0.25, 0.3) is 33.1 Å². The number of aromatic amines is 2. The summed E-state index contributed by atoms with van der Waals surface area (Å²) in [5.74, 6) is 1.80. The van der Waals surface area contributed by atoms with Gasteiger partial charge in [0, 0.05) is 0 Å². The van der Waals surface area contributed by atoms with E-state index >= 15 is 0 Å². The van der Waals surface area contributed by atoms with Gasteiger partial charge in [-0.25, -0.2) is 24.5 Å². The fourth-order valence-electron chi connectivity index (χ4n) is 5.15. The van der Waals surface area contributed by atoms with Crippen LogP contribution >= 0.6 is 11.6 Å². The number of hydrogen-bond donors (Lipinski definition) is 4. The van der Waals surface area contributed by atoms with E-state index in [4.69, 9.17) is 26.8 Å². The Labute approximate surface area is 273 Å². The average molecular weight is 651 g/mol. The van der Waals surface area contributed by atoms with Gasteiger partial charge in [0.25, 0.3) is 0 Å². The van der Waals surface area contributed by atoms with Crippen molar-refractivity contribution in [2.75, 3.05) is 25.3 Å². The first kappa shape index (κ1) is 31.1. The molecular weight excluding hydrogens is 620 g/mol.